The number of nitrogens with one attached hydrogen (secondary N) is 1. The minimum atomic E-state index is -0.321. The highest BCUT2D eigenvalue weighted by atomic mass is 32.1. The van der Waals surface area contributed by atoms with Crippen molar-refractivity contribution in [3.05, 3.63) is 51.8 Å². The molecule has 22 heavy (non-hydrogen) atoms. The molecule has 0 radical (unpaired) electrons. The Kier molecular flexibility index (Phi) is 3.72. The van der Waals surface area contributed by atoms with E-state index < -0.39 is 0 Å². The van der Waals surface area contributed by atoms with Crippen molar-refractivity contribution in [1.82, 2.24) is 20.0 Å². The fraction of sp³-hybridized carbons (Fsp3) is 0.200. The molecule has 0 bridgehead atoms. The molecule has 0 spiro atoms. The number of carbonyl (C=O) groups excluding carboxylic acids is 1. The first-order chi connectivity index (χ1) is 10.5. The quantitative estimate of drug-likeness (QED) is 0.596. The Morgan fingerprint density at radius 1 is 1.27 bits per heavy atom. The summed E-state index contributed by atoms with van der Waals surface area (Å²) in [4.78, 5) is 17.3. The second-order valence-electron chi connectivity index (χ2n) is 4.97. The van der Waals surface area contributed by atoms with E-state index in [4.69, 9.17) is 0 Å². The normalized spacial score (nSPS) is 11.4. The largest absolute Gasteiger partial charge is 0.292 e. The lowest BCUT2D eigenvalue weighted by atomic mass is 10.2. The molecule has 0 aliphatic rings. The van der Waals surface area contributed by atoms with E-state index in [0.717, 1.165) is 10.6 Å². The zero-order chi connectivity index (χ0) is 15.7. The van der Waals surface area contributed by atoms with Crippen molar-refractivity contribution in [2.45, 2.75) is 20.8 Å². The van der Waals surface area contributed by atoms with E-state index in [9.17, 15) is 4.79 Å². The number of hydrogen-bond donors (Lipinski definition) is 1. The van der Waals surface area contributed by atoms with Crippen molar-refractivity contribution in [3.63, 3.8) is 0 Å². The van der Waals surface area contributed by atoms with Crippen LogP contribution >= 0.6 is 11.3 Å². The van der Waals surface area contributed by atoms with Gasteiger partial charge >= 0.3 is 0 Å². The Balaban J connectivity index is 1.78. The Bertz CT molecular complexity index is 860. The number of aryl methyl sites for hydroxylation is 3. The van der Waals surface area contributed by atoms with E-state index in [1.54, 1.807) is 17.7 Å². The first-order valence-electron chi connectivity index (χ1n) is 6.77. The molecule has 0 unspecified atom stereocenters. The molecule has 2 aromatic heterocycles. The molecule has 1 N–H and O–H groups in total. The lowest BCUT2D eigenvalue weighted by Gasteiger charge is -1.99. The summed E-state index contributed by atoms with van der Waals surface area (Å²) in [5.74, 6) is -0.321. The second kappa shape index (κ2) is 5.69. The van der Waals surface area contributed by atoms with Crippen molar-refractivity contribution in [2.75, 3.05) is 0 Å². The van der Waals surface area contributed by atoms with Gasteiger partial charge in [0.2, 0.25) is 4.96 Å². The highest BCUT2D eigenvalue weighted by molar-refractivity contribution is 7.16. The Hall–Kier alpha value is -2.54. The van der Waals surface area contributed by atoms with Crippen molar-refractivity contribution in [3.8, 4) is 0 Å². The van der Waals surface area contributed by atoms with Crippen LogP contribution in [0.1, 0.15) is 32.3 Å². The SMILES string of the molecule is Cc1ccc(/C=N/NC(=O)c2c(C)nc3sc(C)nn23)cc1. The average Bonchev–Trinajstić information content (AvgIpc) is 2.95. The second-order valence-corrected chi connectivity index (χ2v) is 6.13. The lowest BCUT2D eigenvalue weighted by molar-refractivity contribution is 0.0947. The monoisotopic (exact) mass is 313 g/mol. The molecule has 6 nitrogen and oxygen atoms in total. The molecule has 3 aromatic rings. The Morgan fingerprint density at radius 3 is 2.73 bits per heavy atom. The summed E-state index contributed by atoms with van der Waals surface area (Å²) in [5.41, 5.74) is 5.68. The van der Waals surface area contributed by atoms with Crippen molar-refractivity contribution < 1.29 is 4.79 Å². The van der Waals surface area contributed by atoms with Crippen molar-refractivity contribution in [2.24, 2.45) is 5.10 Å². The molecule has 0 saturated carbocycles. The number of imidazole rings is 1. The van der Waals surface area contributed by atoms with Gasteiger partial charge in [-0.25, -0.2) is 10.4 Å². The van der Waals surface area contributed by atoms with Gasteiger partial charge in [0.15, 0.2) is 5.69 Å². The molecule has 1 aromatic carbocycles. The first kappa shape index (κ1) is 14.4. The highest BCUT2D eigenvalue weighted by Crippen LogP contribution is 2.17. The fourth-order valence-electron chi connectivity index (χ4n) is 2.08. The van der Waals surface area contributed by atoms with Gasteiger partial charge in [-0.2, -0.15) is 14.7 Å². The van der Waals surface area contributed by atoms with Gasteiger partial charge in [0.05, 0.1) is 11.9 Å². The summed E-state index contributed by atoms with van der Waals surface area (Å²) < 4.78 is 1.56. The van der Waals surface area contributed by atoms with Gasteiger partial charge in [-0.05, 0) is 26.3 Å². The number of hydrazone groups is 1. The zero-order valence-corrected chi connectivity index (χ0v) is 13.3. The maximum Gasteiger partial charge on any atom is 0.292 e. The molecule has 112 valence electrons. The van der Waals surface area contributed by atoms with Gasteiger partial charge in [0.1, 0.15) is 5.01 Å². The number of rotatable bonds is 3. The summed E-state index contributed by atoms with van der Waals surface area (Å²) in [7, 11) is 0. The number of fused-ring (bicyclic) bond motifs is 1. The van der Waals surface area contributed by atoms with Crippen LogP contribution in [0.25, 0.3) is 4.96 Å². The number of amides is 1. The average molecular weight is 313 g/mol. The molecular formula is C15H15N5OS. The van der Waals surface area contributed by atoms with Crippen LogP contribution in [0.5, 0.6) is 0 Å². The van der Waals surface area contributed by atoms with E-state index >= 15 is 0 Å². The molecule has 3 rings (SSSR count). The fourth-order valence-corrected chi connectivity index (χ4v) is 2.86. The Labute approximate surface area is 131 Å². The van der Waals surface area contributed by atoms with E-state index in [0.29, 0.717) is 16.3 Å². The van der Waals surface area contributed by atoms with Gasteiger partial charge in [0, 0.05) is 0 Å². The van der Waals surface area contributed by atoms with Crippen molar-refractivity contribution >= 4 is 28.4 Å². The number of hydrogen-bond acceptors (Lipinski definition) is 5. The predicted octanol–water partition coefficient (Wildman–Crippen LogP) is 2.48. The molecule has 0 fully saturated rings. The van der Waals surface area contributed by atoms with E-state index in [2.05, 4.69) is 20.6 Å². The minimum Gasteiger partial charge on any atom is -0.265 e. The maximum atomic E-state index is 12.3. The van der Waals surface area contributed by atoms with Gasteiger partial charge < -0.3 is 0 Å². The third kappa shape index (κ3) is 2.75. The molecule has 2 heterocycles. The van der Waals surface area contributed by atoms with Gasteiger partial charge in [-0.15, -0.1) is 0 Å². The summed E-state index contributed by atoms with van der Waals surface area (Å²) in [6.07, 6.45) is 1.61. The summed E-state index contributed by atoms with van der Waals surface area (Å²) in [6, 6.07) is 7.87. The topological polar surface area (TPSA) is 71.7 Å². The first-order valence-corrected chi connectivity index (χ1v) is 7.59. The predicted molar refractivity (Wildman–Crippen MR) is 86.6 cm³/mol. The standard InChI is InChI=1S/C15H15N5OS/c1-9-4-6-12(7-5-9)8-16-18-14(21)13-10(2)17-15-20(13)19-11(3)22-15/h4-8H,1-3H3,(H,18,21)/b16-8+. The summed E-state index contributed by atoms with van der Waals surface area (Å²) >= 11 is 1.45. The third-order valence-electron chi connectivity index (χ3n) is 3.15. The van der Waals surface area contributed by atoms with Gasteiger partial charge in [0.25, 0.3) is 5.91 Å². The number of nitrogens with zero attached hydrogens (tertiary/aromatic N) is 4. The summed E-state index contributed by atoms with van der Waals surface area (Å²) in [5, 5.41) is 9.14. The van der Waals surface area contributed by atoms with Crippen LogP contribution in [0.3, 0.4) is 0 Å². The smallest absolute Gasteiger partial charge is 0.265 e. The molecular weight excluding hydrogens is 298 g/mol. The molecule has 1 amide bonds. The lowest BCUT2D eigenvalue weighted by Crippen LogP contribution is -2.20. The van der Waals surface area contributed by atoms with Crippen LogP contribution in [0.15, 0.2) is 29.4 Å². The maximum absolute atomic E-state index is 12.3. The number of benzene rings is 1. The van der Waals surface area contributed by atoms with Crippen LogP contribution in [0.2, 0.25) is 0 Å². The molecule has 0 atom stereocenters. The molecule has 0 aliphatic heterocycles. The number of carbonyl (C=O) groups is 1. The van der Waals surface area contributed by atoms with Crippen LogP contribution in [0.4, 0.5) is 0 Å². The molecule has 0 saturated heterocycles. The number of aromatic nitrogens is 3. The van der Waals surface area contributed by atoms with Gasteiger partial charge in [-0.3, -0.25) is 4.79 Å². The molecule has 7 heteroatoms. The summed E-state index contributed by atoms with van der Waals surface area (Å²) in [6.45, 7) is 5.69. The zero-order valence-electron chi connectivity index (χ0n) is 12.5. The van der Waals surface area contributed by atoms with Crippen LogP contribution in [-0.2, 0) is 0 Å². The van der Waals surface area contributed by atoms with E-state index in [1.807, 2.05) is 38.1 Å². The van der Waals surface area contributed by atoms with Gasteiger partial charge in [-0.1, -0.05) is 41.2 Å². The molecule has 0 aliphatic carbocycles. The van der Waals surface area contributed by atoms with Crippen LogP contribution < -0.4 is 5.43 Å². The van der Waals surface area contributed by atoms with Crippen LogP contribution in [0, 0.1) is 20.8 Å². The van der Waals surface area contributed by atoms with E-state index in [-0.39, 0.29) is 5.91 Å². The van der Waals surface area contributed by atoms with E-state index in [1.165, 1.54) is 16.9 Å². The van der Waals surface area contributed by atoms with Crippen molar-refractivity contribution in [1.29, 1.82) is 0 Å². The van der Waals surface area contributed by atoms with Crippen LogP contribution in [-0.4, -0.2) is 26.7 Å². The Morgan fingerprint density at radius 2 is 2.00 bits per heavy atom. The third-order valence-corrected chi connectivity index (χ3v) is 3.97. The highest BCUT2D eigenvalue weighted by Gasteiger charge is 2.18. The minimum absolute atomic E-state index is 0.321.